The van der Waals surface area contributed by atoms with Crippen LogP contribution in [-0.4, -0.2) is 33.0 Å². The number of hydroxylamine groups is 1. The molecule has 1 amide bonds. The van der Waals surface area contributed by atoms with Crippen LogP contribution >= 0.6 is 0 Å². The van der Waals surface area contributed by atoms with E-state index in [-0.39, 0.29) is 17.0 Å². The molecule has 0 heterocycles. The van der Waals surface area contributed by atoms with Crippen LogP contribution in [0.2, 0.25) is 0 Å². The Morgan fingerprint density at radius 1 is 1.07 bits per heavy atom. The minimum absolute atomic E-state index is 0.0312. The van der Waals surface area contributed by atoms with Crippen molar-refractivity contribution in [2.75, 3.05) is 14.2 Å². The van der Waals surface area contributed by atoms with E-state index in [4.69, 9.17) is 0 Å². The second-order valence-corrected chi connectivity index (χ2v) is 7.43. The highest BCUT2D eigenvalue weighted by Crippen LogP contribution is 2.29. The number of carbonyl (C=O) groups is 1. The minimum Gasteiger partial charge on any atom is -0.348 e. The molecule has 0 aliphatic rings. The van der Waals surface area contributed by atoms with Gasteiger partial charge in [0.05, 0.1) is 17.6 Å². The first-order valence-electron chi connectivity index (χ1n) is 7.63. The summed E-state index contributed by atoms with van der Waals surface area (Å²) in [5.74, 6) is -0.487. The summed E-state index contributed by atoms with van der Waals surface area (Å²) in [5, 5.41) is 2.56. The lowest BCUT2D eigenvalue weighted by molar-refractivity contribution is -0.137. The van der Waals surface area contributed by atoms with Crippen molar-refractivity contribution in [3.8, 4) is 0 Å². The monoisotopic (exact) mass is 402 g/mol. The normalized spacial score (nSPS) is 12.2. The summed E-state index contributed by atoms with van der Waals surface area (Å²) in [7, 11) is -1.37. The summed E-state index contributed by atoms with van der Waals surface area (Å²) in [5.41, 5.74) is -0.0615. The Labute approximate surface area is 154 Å². The first-order valence-corrected chi connectivity index (χ1v) is 9.07. The van der Waals surface area contributed by atoms with Crippen LogP contribution in [0, 0.1) is 0 Å². The maximum atomic E-state index is 12.5. The summed E-state index contributed by atoms with van der Waals surface area (Å²) in [6.45, 7) is 0.0312. The average molecular weight is 402 g/mol. The molecule has 0 unspecified atom stereocenters. The Hall–Kier alpha value is -2.43. The highest BCUT2D eigenvalue weighted by atomic mass is 32.2. The Morgan fingerprint density at radius 3 is 2.11 bits per heavy atom. The van der Waals surface area contributed by atoms with E-state index in [0.717, 1.165) is 12.1 Å². The van der Waals surface area contributed by atoms with Crippen molar-refractivity contribution < 1.29 is 31.2 Å². The fourth-order valence-electron chi connectivity index (χ4n) is 2.12. The molecule has 2 aromatic rings. The fourth-order valence-corrected chi connectivity index (χ4v) is 3.09. The van der Waals surface area contributed by atoms with Gasteiger partial charge in [-0.15, -0.1) is 0 Å². The van der Waals surface area contributed by atoms with E-state index in [9.17, 15) is 26.4 Å². The highest BCUT2D eigenvalue weighted by Gasteiger charge is 2.29. The van der Waals surface area contributed by atoms with E-state index in [2.05, 4.69) is 10.2 Å². The van der Waals surface area contributed by atoms with Crippen LogP contribution in [0.15, 0.2) is 53.4 Å². The van der Waals surface area contributed by atoms with Crippen LogP contribution in [0.5, 0.6) is 0 Å². The van der Waals surface area contributed by atoms with Crippen molar-refractivity contribution in [3.05, 3.63) is 65.2 Å². The van der Waals surface area contributed by atoms with Gasteiger partial charge in [0, 0.05) is 19.2 Å². The first-order chi connectivity index (χ1) is 12.6. The number of benzene rings is 2. The second kappa shape index (κ2) is 8.07. The largest absolute Gasteiger partial charge is 0.416 e. The van der Waals surface area contributed by atoms with Crippen LogP contribution < -0.4 is 5.32 Å². The number of hydrogen-bond donors (Lipinski definition) is 1. The third-order valence-electron chi connectivity index (χ3n) is 3.74. The van der Waals surface area contributed by atoms with E-state index in [1.807, 2.05) is 0 Å². The lowest BCUT2D eigenvalue weighted by atomic mass is 10.1. The Bertz CT molecular complexity index is 895. The van der Waals surface area contributed by atoms with Crippen molar-refractivity contribution >= 4 is 15.9 Å². The maximum absolute atomic E-state index is 12.5. The van der Waals surface area contributed by atoms with Gasteiger partial charge in [0.15, 0.2) is 0 Å². The molecule has 2 aromatic carbocycles. The number of amides is 1. The Kier molecular flexibility index (Phi) is 6.24. The maximum Gasteiger partial charge on any atom is 0.416 e. The molecule has 27 heavy (non-hydrogen) atoms. The summed E-state index contributed by atoms with van der Waals surface area (Å²) >= 11 is 0. The summed E-state index contributed by atoms with van der Waals surface area (Å²) in [6, 6.07) is 9.62. The van der Waals surface area contributed by atoms with E-state index in [0.29, 0.717) is 10.0 Å². The summed E-state index contributed by atoms with van der Waals surface area (Å²) in [4.78, 5) is 16.7. The van der Waals surface area contributed by atoms with E-state index >= 15 is 0 Å². The minimum atomic E-state index is -4.42. The molecule has 6 nitrogen and oxygen atoms in total. The molecule has 146 valence electrons. The third kappa shape index (κ3) is 5.06. The summed E-state index contributed by atoms with van der Waals surface area (Å²) in [6.07, 6.45) is -4.42. The van der Waals surface area contributed by atoms with Gasteiger partial charge >= 0.3 is 6.18 Å². The number of sulfonamides is 1. The van der Waals surface area contributed by atoms with Crippen LogP contribution in [0.25, 0.3) is 0 Å². The molecule has 1 N–H and O–H groups in total. The van der Waals surface area contributed by atoms with Gasteiger partial charge in [-0.25, -0.2) is 8.42 Å². The zero-order valence-corrected chi connectivity index (χ0v) is 15.3. The molecule has 0 saturated carbocycles. The number of alkyl halides is 3. The van der Waals surface area contributed by atoms with Gasteiger partial charge in [-0.2, -0.15) is 13.2 Å². The van der Waals surface area contributed by atoms with Crippen molar-refractivity contribution in [3.63, 3.8) is 0 Å². The molecule has 10 heteroatoms. The van der Waals surface area contributed by atoms with Crippen molar-refractivity contribution in [2.24, 2.45) is 0 Å². The first kappa shape index (κ1) is 20.9. The number of nitrogens with one attached hydrogen (secondary N) is 1. The van der Waals surface area contributed by atoms with E-state index in [1.54, 1.807) is 0 Å². The predicted molar refractivity (Wildman–Crippen MR) is 91.0 cm³/mol. The molecule has 0 saturated heterocycles. The standard InChI is InChI=1S/C17H17F3N2O4S/c1-22(26-2)27(24,25)15-9-5-13(6-10-15)16(23)21-11-12-3-7-14(8-4-12)17(18,19)20/h3-10H,11H2,1-2H3,(H,21,23). The predicted octanol–water partition coefficient (Wildman–Crippen LogP) is 2.82. The molecule has 0 aliphatic heterocycles. The van der Waals surface area contributed by atoms with Crippen LogP contribution in [0.4, 0.5) is 13.2 Å². The number of halogens is 3. The van der Waals surface area contributed by atoms with Crippen LogP contribution in [0.1, 0.15) is 21.5 Å². The number of nitrogens with zero attached hydrogens (tertiary/aromatic N) is 1. The van der Waals surface area contributed by atoms with Crippen LogP contribution in [0.3, 0.4) is 0 Å². The van der Waals surface area contributed by atoms with Gasteiger partial charge in [0.1, 0.15) is 0 Å². The lowest BCUT2D eigenvalue weighted by Gasteiger charge is -2.14. The van der Waals surface area contributed by atoms with Gasteiger partial charge in [0.2, 0.25) is 0 Å². The molecule has 0 radical (unpaired) electrons. The molecule has 0 atom stereocenters. The van der Waals surface area contributed by atoms with E-state index < -0.39 is 27.7 Å². The molecule has 0 aromatic heterocycles. The molecule has 2 rings (SSSR count). The van der Waals surface area contributed by atoms with Gasteiger partial charge in [-0.05, 0) is 42.0 Å². The molecule has 0 fully saturated rings. The third-order valence-corrected chi connectivity index (χ3v) is 5.44. The fraction of sp³-hybridized carbons (Fsp3) is 0.235. The quantitative estimate of drug-likeness (QED) is 0.754. The molecular formula is C17H17F3N2O4S. The van der Waals surface area contributed by atoms with Gasteiger partial charge in [-0.3, -0.25) is 9.63 Å². The number of hydrogen-bond acceptors (Lipinski definition) is 4. The zero-order chi connectivity index (χ0) is 20.2. The average Bonchev–Trinajstić information content (AvgIpc) is 2.65. The number of rotatable bonds is 6. The van der Waals surface area contributed by atoms with Gasteiger partial charge in [-0.1, -0.05) is 16.6 Å². The van der Waals surface area contributed by atoms with Crippen molar-refractivity contribution in [1.29, 1.82) is 0 Å². The highest BCUT2D eigenvalue weighted by molar-refractivity contribution is 7.89. The van der Waals surface area contributed by atoms with Gasteiger partial charge in [0.25, 0.3) is 15.9 Å². The lowest BCUT2D eigenvalue weighted by Crippen LogP contribution is -2.26. The Morgan fingerprint density at radius 2 is 1.63 bits per heavy atom. The van der Waals surface area contributed by atoms with Crippen molar-refractivity contribution in [1.82, 2.24) is 9.79 Å². The smallest absolute Gasteiger partial charge is 0.348 e. The van der Waals surface area contributed by atoms with Crippen molar-refractivity contribution in [2.45, 2.75) is 17.6 Å². The number of carbonyl (C=O) groups excluding carboxylic acids is 1. The molecule has 0 aliphatic carbocycles. The van der Waals surface area contributed by atoms with Crippen LogP contribution in [-0.2, 0) is 27.6 Å². The Balaban J connectivity index is 2.02. The molecule has 0 spiro atoms. The SMILES string of the molecule is CON(C)S(=O)(=O)c1ccc(C(=O)NCc2ccc(C(F)(F)F)cc2)cc1. The second-order valence-electron chi connectivity index (χ2n) is 5.50. The topological polar surface area (TPSA) is 75.7 Å². The molecular weight excluding hydrogens is 385 g/mol. The zero-order valence-electron chi connectivity index (χ0n) is 14.4. The molecule has 0 bridgehead atoms. The van der Waals surface area contributed by atoms with Gasteiger partial charge < -0.3 is 5.32 Å². The summed E-state index contributed by atoms with van der Waals surface area (Å²) < 4.78 is 62.4. The van der Waals surface area contributed by atoms with E-state index in [1.165, 1.54) is 50.6 Å².